The highest BCUT2D eigenvalue weighted by atomic mass is 19.1. The fraction of sp³-hybridized carbons (Fsp3) is 0.296. The number of amides is 2. The summed E-state index contributed by atoms with van der Waals surface area (Å²) in [6, 6.07) is 11.1. The standard InChI is InChI=1S/C27H28FN7O4/c1-17-3-4-20(15-29-17)26(36)31-18(2)27(37)35-10-8-34(9-11-35)24-6-5-19(13-22(24)28)23-14-21(39-32-23)16-30-25-7-12-38-33-25/h3-7,12-15,18H,8-11,16H2,1-2H3,(H,30,33)(H,31,36)/t18-/m0/s1. The molecule has 0 bridgehead atoms. The lowest BCUT2D eigenvalue weighted by atomic mass is 10.1. The summed E-state index contributed by atoms with van der Waals surface area (Å²) in [4.78, 5) is 33.1. The zero-order valence-electron chi connectivity index (χ0n) is 21.6. The molecule has 1 aromatic carbocycles. The minimum atomic E-state index is -0.695. The minimum absolute atomic E-state index is 0.182. The second kappa shape index (κ2) is 11.3. The van der Waals surface area contributed by atoms with E-state index in [0.717, 1.165) is 5.69 Å². The van der Waals surface area contributed by atoms with Crippen LogP contribution < -0.4 is 15.5 Å². The van der Waals surface area contributed by atoms with Crippen LogP contribution in [-0.4, -0.2) is 64.2 Å². The molecule has 0 saturated carbocycles. The summed E-state index contributed by atoms with van der Waals surface area (Å²) in [5, 5.41) is 13.6. The average molecular weight is 534 g/mol. The number of nitrogens with one attached hydrogen (secondary N) is 2. The highest BCUT2D eigenvalue weighted by molar-refractivity contribution is 5.97. The molecule has 2 amide bonds. The molecule has 4 heterocycles. The van der Waals surface area contributed by atoms with Crippen LogP contribution in [0.3, 0.4) is 0 Å². The van der Waals surface area contributed by atoms with Crippen molar-refractivity contribution in [2.24, 2.45) is 0 Å². The van der Waals surface area contributed by atoms with Gasteiger partial charge in [-0.05, 0) is 38.1 Å². The molecule has 1 aliphatic heterocycles. The summed E-state index contributed by atoms with van der Waals surface area (Å²) in [5.41, 5.74) is 2.77. The maximum absolute atomic E-state index is 15.1. The topological polar surface area (TPSA) is 130 Å². The lowest BCUT2D eigenvalue weighted by Crippen LogP contribution is -2.54. The quantitative estimate of drug-likeness (QED) is 0.351. The number of hydrogen-bond donors (Lipinski definition) is 2. The Bertz CT molecular complexity index is 1430. The molecule has 202 valence electrons. The Morgan fingerprint density at radius 3 is 2.59 bits per heavy atom. The Morgan fingerprint density at radius 1 is 1.08 bits per heavy atom. The second-order valence-corrected chi connectivity index (χ2v) is 9.28. The van der Waals surface area contributed by atoms with Gasteiger partial charge in [-0.1, -0.05) is 16.4 Å². The van der Waals surface area contributed by atoms with Gasteiger partial charge in [-0.15, -0.1) is 0 Å². The number of halogens is 1. The van der Waals surface area contributed by atoms with E-state index in [-0.39, 0.29) is 17.6 Å². The first-order chi connectivity index (χ1) is 18.9. The highest BCUT2D eigenvalue weighted by Gasteiger charge is 2.27. The van der Waals surface area contributed by atoms with Crippen LogP contribution in [0, 0.1) is 12.7 Å². The molecule has 3 aromatic heterocycles. The maximum atomic E-state index is 15.1. The van der Waals surface area contributed by atoms with E-state index in [2.05, 4.69) is 25.9 Å². The summed E-state index contributed by atoms with van der Waals surface area (Å²) >= 11 is 0. The van der Waals surface area contributed by atoms with Crippen molar-refractivity contribution in [3.05, 3.63) is 77.8 Å². The molecule has 1 atom stereocenters. The van der Waals surface area contributed by atoms with Gasteiger partial charge in [0.2, 0.25) is 5.91 Å². The number of rotatable bonds is 8. The molecule has 0 aliphatic carbocycles. The molecule has 2 N–H and O–H groups in total. The summed E-state index contributed by atoms with van der Waals surface area (Å²) in [5.74, 6) is 0.224. The molecule has 0 radical (unpaired) electrons. The van der Waals surface area contributed by atoms with E-state index < -0.39 is 6.04 Å². The minimum Gasteiger partial charge on any atom is -0.366 e. The van der Waals surface area contributed by atoms with Crippen LogP contribution in [0.15, 0.2) is 64.0 Å². The fourth-order valence-electron chi connectivity index (χ4n) is 4.32. The third-order valence-electron chi connectivity index (χ3n) is 6.51. The van der Waals surface area contributed by atoms with E-state index in [1.165, 1.54) is 18.5 Å². The Balaban J connectivity index is 1.14. The summed E-state index contributed by atoms with van der Waals surface area (Å²) in [6.07, 6.45) is 2.95. The summed E-state index contributed by atoms with van der Waals surface area (Å²) < 4.78 is 25.2. The number of anilines is 2. The number of aryl methyl sites for hydroxylation is 1. The van der Waals surface area contributed by atoms with Crippen LogP contribution in [0.5, 0.6) is 0 Å². The summed E-state index contributed by atoms with van der Waals surface area (Å²) in [7, 11) is 0. The molecule has 1 aliphatic rings. The molecule has 12 heteroatoms. The van der Waals surface area contributed by atoms with Crippen molar-refractivity contribution in [3.63, 3.8) is 0 Å². The molecule has 0 unspecified atom stereocenters. The summed E-state index contributed by atoms with van der Waals surface area (Å²) in [6.45, 7) is 5.61. The van der Waals surface area contributed by atoms with Crippen LogP contribution in [0.4, 0.5) is 15.9 Å². The Hall–Kier alpha value is -4.74. The van der Waals surface area contributed by atoms with Crippen molar-refractivity contribution in [1.29, 1.82) is 0 Å². The predicted molar refractivity (Wildman–Crippen MR) is 140 cm³/mol. The third-order valence-corrected chi connectivity index (χ3v) is 6.51. The van der Waals surface area contributed by atoms with Crippen LogP contribution in [0.1, 0.15) is 28.7 Å². The van der Waals surface area contributed by atoms with E-state index in [4.69, 9.17) is 9.05 Å². The van der Waals surface area contributed by atoms with Crippen molar-refractivity contribution in [2.75, 3.05) is 36.4 Å². The van der Waals surface area contributed by atoms with Gasteiger partial charge in [0.15, 0.2) is 11.6 Å². The van der Waals surface area contributed by atoms with Gasteiger partial charge in [-0.25, -0.2) is 4.39 Å². The SMILES string of the molecule is Cc1ccc(C(=O)N[C@@H](C)C(=O)N2CCN(c3ccc(-c4cc(CNc5ccon5)on4)cc3F)CC2)cn1. The van der Waals surface area contributed by atoms with E-state index in [0.29, 0.717) is 66.8 Å². The molecule has 11 nitrogen and oxygen atoms in total. The molecule has 39 heavy (non-hydrogen) atoms. The number of hydrogen-bond acceptors (Lipinski definition) is 9. The first-order valence-electron chi connectivity index (χ1n) is 12.5. The van der Waals surface area contributed by atoms with E-state index in [9.17, 15) is 9.59 Å². The van der Waals surface area contributed by atoms with E-state index >= 15 is 4.39 Å². The lowest BCUT2D eigenvalue weighted by Gasteiger charge is -2.37. The van der Waals surface area contributed by atoms with Gasteiger partial charge in [-0.2, -0.15) is 0 Å². The van der Waals surface area contributed by atoms with Crippen LogP contribution >= 0.6 is 0 Å². The molecule has 1 fully saturated rings. The number of aromatic nitrogens is 3. The van der Waals surface area contributed by atoms with Gasteiger partial charge in [-0.3, -0.25) is 14.6 Å². The van der Waals surface area contributed by atoms with Gasteiger partial charge in [0.25, 0.3) is 5.91 Å². The predicted octanol–water partition coefficient (Wildman–Crippen LogP) is 3.25. The van der Waals surface area contributed by atoms with Crippen molar-refractivity contribution >= 4 is 23.3 Å². The van der Waals surface area contributed by atoms with Gasteiger partial charge in [0.1, 0.15) is 23.8 Å². The number of benzene rings is 1. The van der Waals surface area contributed by atoms with Crippen molar-refractivity contribution in [1.82, 2.24) is 25.5 Å². The van der Waals surface area contributed by atoms with E-state index in [1.54, 1.807) is 48.2 Å². The Labute approximate surface area is 224 Å². The molecular weight excluding hydrogens is 505 g/mol. The lowest BCUT2D eigenvalue weighted by molar-refractivity contribution is -0.133. The van der Waals surface area contributed by atoms with E-state index in [1.807, 2.05) is 11.8 Å². The Morgan fingerprint density at radius 2 is 1.90 bits per heavy atom. The molecule has 4 aromatic rings. The number of piperazine rings is 1. The largest absolute Gasteiger partial charge is 0.366 e. The number of carbonyl (C=O) groups excluding carboxylic acids is 2. The zero-order valence-corrected chi connectivity index (χ0v) is 21.6. The molecule has 1 saturated heterocycles. The van der Waals surface area contributed by atoms with Crippen LogP contribution in [0.2, 0.25) is 0 Å². The van der Waals surface area contributed by atoms with Gasteiger partial charge >= 0.3 is 0 Å². The number of pyridine rings is 1. The fourth-order valence-corrected chi connectivity index (χ4v) is 4.32. The Kier molecular flexibility index (Phi) is 7.53. The molecule has 5 rings (SSSR count). The van der Waals surface area contributed by atoms with Crippen LogP contribution in [-0.2, 0) is 11.3 Å². The monoisotopic (exact) mass is 533 g/mol. The van der Waals surface area contributed by atoms with Crippen LogP contribution in [0.25, 0.3) is 11.3 Å². The highest BCUT2D eigenvalue weighted by Crippen LogP contribution is 2.27. The van der Waals surface area contributed by atoms with Gasteiger partial charge < -0.3 is 29.5 Å². The second-order valence-electron chi connectivity index (χ2n) is 9.28. The first kappa shape index (κ1) is 25.9. The normalized spacial score (nSPS) is 14.2. The van der Waals surface area contributed by atoms with Gasteiger partial charge in [0.05, 0.1) is 17.8 Å². The van der Waals surface area contributed by atoms with Crippen molar-refractivity contribution in [2.45, 2.75) is 26.4 Å². The first-order valence-corrected chi connectivity index (χ1v) is 12.5. The zero-order chi connectivity index (χ0) is 27.4. The number of nitrogens with zero attached hydrogens (tertiary/aromatic N) is 5. The number of carbonyl (C=O) groups is 2. The smallest absolute Gasteiger partial charge is 0.253 e. The van der Waals surface area contributed by atoms with Crippen molar-refractivity contribution in [3.8, 4) is 11.3 Å². The third kappa shape index (κ3) is 6.06. The van der Waals surface area contributed by atoms with Crippen molar-refractivity contribution < 1.29 is 23.0 Å². The average Bonchev–Trinajstić information content (AvgIpc) is 3.64. The molecular formula is C27H28FN7O4. The van der Waals surface area contributed by atoms with Gasteiger partial charge in [0, 0.05) is 55.8 Å². The molecule has 0 spiro atoms. The maximum Gasteiger partial charge on any atom is 0.253 e.